The van der Waals surface area contributed by atoms with Gasteiger partial charge in [-0.05, 0) is 47.4 Å². The number of fused-ring (bicyclic) bond motifs is 3. The van der Waals surface area contributed by atoms with Crippen LogP contribution in [0.2, 0.25) is 0 Å². The van der Waals surface area contributed by atoms with E-state index in [2.05, 4.69) is 10.6 Å². The van der Waals surface area contributed by atoms with Crippen LogP contribution in [0.25, 0.3) is 11.1 Å². The number of rotatable bonds is 21. The topological polar surface area (TPSA) is 140 Å². The number of ether oxygens (including phenoxy) is 7. The smallest absolute Gasteiger partial charge is 0.407 e. The Hall–Kier alpha value is -4.86. The second-order valence-corrected chi connectivity index (χ2v) is 13.8. The summed E-state index contributed by atoms with van der Waals surface area (Å²) in [5, 5.41) is 5.28. The van der Waals surface area contributed by atoms with Crippen LogP contribution >= 0.6 is 0 Å². The molecule has 3 aromatic carbocycles. The summed E-state index contributed by atoms with van der Waals surface area (Å²) in [5.41, 5.74) is 4.13. The maximum atomic E-state index is 13.6. The molecule has 0 fully saturated rings. The molecule has 15 heteroatoms. The number of alkyl carbamates (subject to hydrolysis) is 1. The highest BCUT2D eigenvalue weighted by molar-refractivity contribution is 5.91. The lowest BCUT2D eigenvalue weighted by Gasteiger charge is -2.28. The van der Waals surface area contributed by atoms with Crippen molar-refractivity contribution in [1.82, 2.24) is 10.6 Å². The predicted molar refractivity (Wildman–Crippen MR) is 201 cm³/mol. The highest BCUT2D eigenvalue weighted by atomic mass is 19.4. The molecule has 3 atom stereocenters. The lowest BCUT2D eigenvalue weighted by atomic mass is 9.98. The number of hydrogen-bond acceptors (Lipinski definition) is 11. The first kappa shape index (κ1) is 43.9. The van der Waals surface area contributed by atoms with E-state index in [1.54, 1.807) is 18.2 Å². The molecule has 56 heavy (non-hydrogen) atoms. The number of nitrogens with one attached hydrogen (secondary N) is 2. The van der Waals surface area contributed by atoms with Crippen molar-refractivity contribution < 1.29 is 60.7 Å². The van der Waals surface area contributed by atoms with Gasteiger partial charge >= 0.3 is 24.2 Å². The van der Waals surface area contributed by atoms with E-state index in [-0.39, 0.29) is 50.9 Å². The van der Waals surface area contributed by atoms with Crippen molar-refractivity contribution in [3.63, 3.8) is 0 Å². The molecule has 1 aliphatic carbocycles. The highest BCUT2D eigenvalue weighted by Crippen LogP contribution is 2.44. The first-order valence-electron chi connectivity index (χ1n) is 18.3. The van der Waals surface area contributed by atoms with E-state index in [4.69, 9.17) is 33.2 Å². The number of methoxy groups -OCH3 is 4. The minimum atomic E-state index is -4.58. The van der Waals surface area contributed by atoms with Crippen LogP contribution in [0.4, 0.5) is 18.0 Å². The second kappa shape index (κ2) is 20.9. The Labute approximate surface area is 325 Å². The molecule has 12 nitrogen and oxygen atoms in total. The minimum Gasteiger partial charge on any atom is -0.496 e. The number of hydrogen-bond donors (Lipinski definition) is 2. The van der Waals surface area contributed by atoms with E-state index in [9.17, 15) is 27.6 Å². The predicted octanol–water partition coefficient (Wildman–Crippen LogP) is 7.03. The van der Waals surface area contributed by atoms with E-state index in [0.29, 0.717) is 17.2 Å². The molecular weight excluding hydrogens is 737 g/mol. The quantitative estimate of drug-likeness (QED) is 0.0498. The Morgan fingerprint density at radius 2 is 1.38 bits per heavy atom. The fourth-order valence-electron chi connectivity index (χ4n) is 6.64. The fraction of sp³-hybridized carbons (Fsp3) is 0.488. The summed E-state index contributed by atoms with van der Waals surface area (Å²) in [5.74, 6) is -2.04. The van der Waals surface area contributed by atoms with Crippen molar-refractivity contribution in [2.24, 2.45) is 11.8 Å². The van der Waals surface area contributed by atoms with Crippen molar-refractivity contribution in [2.75, 3.05) is 48.2 Å². The van der Waals surface area contributed by atoms with E-state index < -0.39 is 54.9 Å². The summed E-state index contributed by atoms with van der Waals surface area (Å²) < 4.78 is 78.1. The Morgan fingerprint density at radius 3 is 1.91 bits per heavy atom. The van der Waals surface area contributed by atoms with Crippen LogP contribution < -0.4 is 24.8 Å². The number of carbonyl (C=O) groups excluding carboxylic acids is 3. The Kier molecular flexibility index (Phi) is 16.4. The van der Waals surface area contributed by atoms with Crippen molar-refractivity contribution in [2.45, 2.75) is 70.0 Å². The van der Waals surface area contributed by atoms with Crippen LogP contribution in [0, 0.1) is 11.8 Å². The zero-order valence-electron chi connectivity index (χ0n) is 32.5. The van der Waals surface area contributed by atoms with Crippen LogP contribution in [-0.4, -0.2) is 90.8 Å². The van der Waals surface area contributed by atoms with Gasteiger partial charge in [0, 0.05) is 44.9 Å². The van der Waals surface area contributed by atoms with Crippen LogP contribution in [-0.2, 0) is 28.5 Å². The van der Waals surface area contributed by atoms with Gasteiger partial charge in [-0.1, -0.05) is 62.4 Å². The molecule has 0 aromatic heterocycles. The molecule has 0 heterocycles. The first-order chi connectivity index (χ1) is 26.8. The van der Waals surface area contributed by atoms with Crippen molar-refractivity contribution in [3.05, 3.63) is 77.9 Å². The first-order valence-corrected chi connectivity index (χ1v) is 18.3. The minimum absolute atomic E-state index is 0.00360. The van der Waals surface area contributed by atoms with E-state index in [1.165, 1.54) is 28.4 Å². The number of alkyl halides is 3. The maximum Gasteiger partial charge on any atom is 0.407 e. The molecular formula is C41H51F3N2O10. The largest absolute Gasteiger partial charge is 0.496 e. The third-order valence-corrected chi connectivity index (χ3v) is 9.32. The Bertz CT molecular complexity index is 1680. The molecule has 4 rings (SSSR count). The van der Waals surface area contributed by atoms with Gasteiger partial charge in [0.05, 0.1) is 39.2 Å². The van der Waals surface area contributed by atoms with Gasteiger partial charge in [0.25, 0.3) is 0 Å². The van der Waals surface area contributed by atoms with E-state index >= 15 is 0 Å². The Balaban J connectivity index is 1.44. The normalized spacial score (nSPS) is 14.1. The van der Waals surface area contributed by atoms with Gasteiger partial charge in [-0.15, -0.1) is 0 Å². The summed E-state index contributed by atoms with van der Waals surface area (Å²) >= 11 is 0. The van der Waals surface area contributed by atoms with Gasteiger partial charge < -0.3 is 43.8 Å². The lowest BCUT2D eigenvalue weighted by molar-refractivity contribution is -0.178. The molecule has 0 spiro atoms. The molecule has 0 radical (unpaired) electrons. The average molecular weight is 789 g/mol. The SMILES string of the molecule is COc1cc(OC)cc(OCCCC(CNC(CC(F)(F)F)C(OC)OC)C(=O)OC(=O)[C@H](CC(C)C)NC(=O)OCC2c3ccccc3-c3ccccc32)c1. The molecule has 3 aromatic rings. The van der Waals surface area contributed by atoms with Crippen LogP contribution in [0.1, 0.15) is 56.6 Å². The number of esters is 2. The summed E-state index contributed by atoms with van der Waals surface area (Å²) in [6, 6.07) is 18.0. The molecule has 0 saturated heterocycles. The summed E-state index contributed by atoms with van der Waals surface area (Å²) in [7, 11) is 5.39. The summed E-state index contributed by atoms with van der Waals surface area (Å²) in [6.45, 7) is 3.43. The van der Waals surface area contributed by atoms with Gasteiger partial charge in [0.2, 0.25) is 0 Å². The van der Waals surface area contributed by atoms with Gasteiger partial charge in [0.15, 0.2) is 6.29 Å². The van der Waals surface area contributed by atoms with Crippen molar-refractivity contribution in [1.29, 1.82) is 0 Å². The fourth-order valence-corrected chi connectivity index (χ4v) is 6.64. The zero-order valence-corrected chi connectivity index (χ0v) is 32.5. The number of carbonyl (C=O) groups is 3. The number of amides is 1. The third-order valence-electron chi connectivity index (χ3n) is 9.32. The number of halogens is 3. The van der Waals surface area contributed by atoms with Crippen molar-refractivity contribution >= 4 is 18.0 Å². The van der Waals surface area contributed by atoms with Gasteiger partial charge in [0.1, 0.15) is 29.9 Å². The molecule has 2 N–H and O–H groups in total. The molecule has 2 unspecified atom stereocenters. The maximum absolute atomic E-state index is 13.6. The molecule has 0 saturated carbocycles. The van der Waals surface area contributed by atoms with Crippen LogP contribution in [0.5, 0.6) is 17.2 Å². The van der Waals surface area contributed by atoms with Crippen molar-refractivity contribution in [3.8, 4) is 28.4 Å². The third kappa shape index (κ3) is 12.6. The zero-order chi connectivity index (χ0) is 40.8. The van der Waals surface area contributed by atoms with Crippen LogP contribution in [0.3, 0.4) is 0 Å². The average Bonchev–Trinajstić information content (AvgIpc) is 3.49. The molecule has 0 bridgehead atoms. The Morgan fingerprint density at radius 1 is 0.804 bits per heavy atom. The van der Waals surface area contributed by atoms with E-state index in [0.717, 1.165) is 22.3 Å². The van der Waals surface area contributed by atoms with Gasteiger partial charge in [-0.2, -0.15) is 13.2 Å². The van der Waals surface area contributed by atoms with Gasteiger partial charge in [-0.3, -0.25) is 4.79 Å². The van der Waals surface area contributed by atoms with Crippen LogP contribution in [0.15, 0.2) is 66.7 Å². The van der Waals surface area contributed by atoms with Gasteiger partial charge in [-0.25, -0.2) is 9.59 Å². The van der Waals surface area contributed by atoms with E-state index in [1.807, 2.05) is 62.4 Å². The molecule has 1 amide bonds. The standard InChI is InChI=1S/C41H51F3N2O10/c1-25(2)18-35(46-40(49)55-24-34-32-15-9-7-13-30(32)31-14-8-10-16-33(31)34)38(48)56-37(47)26(23-45-36(22-41(42,43)44)39(52-5)53-6)12-11-17-54-29-20-27(50-3)19-28(21-29)51-4/h7-10,13-16,19-21,25-26,34-36,39,45H,11-12,17-18,22-24H2,1-6H3,(H,46,49)/t26?,35-,36?/m0/s1. The molecule has 1 aliphatic rings. The highest BCUT2D eigenvalue weighted by Gasteiger charge is 2.37. The summed E-state index contributed by atoms with van der Waals surface area (Å²) in [4.78, 5) is 40.3. The lowest BCUT2D eigenvalue weighted by Crippen LogP contribution is -2.48. The second-order valence-electron chi connectivity index (χ2n) is 13.8. The molecule has 306 valence electrons. The summed E-state index contributed by atoms with van der Waals surface area (Å²) in [6.07, 6.45) is -7.65. The monoisotopic (exact) mass is 788 g/mol. The number of benzene rings is 3. The molecule has 0 aliphatic heterocycles.